The third-order valence-corrected chi connectivity index (χ3v) is 4.52. The number of aromatic nitrogens is 1. The highest BCUT2D eigenvalue weighted by Gasteiger charge is 2.31. The van der Waals surface area contributed by atoms with Crippen molar-refractivity contribution < 1.29 is 19.1 Å². The summed E-state index contributed by atoms with van der Waals surface area (Å²) in [5.41, 5.74) is 1.16. The number of fused-ring (bicyclic) bond motifs is 1. The van der Waals surface area contributed by atoms with Crippen molar-refractivity contribution in [3.05, 3.63) is 75.5 Å². The van der Waals surface area contributed by atoms with Gasteiger partial charge in [0, 0.05) is 5.56 Å². The van der Waals surface area contributed by atoms with E-state index in [1.54, 1.807) is 52.9 Å². The molecule has 2 aromatic heterocycles. The van der Waals surface area contributed by atoms with Gasteiger partial charge in [0.25, 0.3) is 0 Å². The van der Waals surface area contributed by atoms with Crippen LogP contribution in [0.4, 0.5) is 0 Å². The summed E-state index contributed by atoms with van der Waals surface area (Å²) < 4.78 is 6.97. The van der Waals surface area contributed by atoms with Gasteiger partial charge in [0.2, 0.25) is 5.78 Å². The number of ether oxygens (including phenoxy) is 1. The maximum atomic E-state index is 13.1. The van der Waals surface area contributed by atoms with Gasteiger partial charge in [-0.25, -0.2) is 4.79 Å². The Balaban J connectivity index is 2.45. The van der Waals surface area contributed by atoms with E-state index >= 15 is 0 Å². The molecular formula is C19H14BrNO4. The van der Waals surface area contributed by atoms with Crippen molar-refractivity contribution in [3.63, 3.8) is 0 Å². The van der Waals surface area contributed by atoms with E-state index in [1.165, 1.54) is 14.0 Å². The number of rotatable bonds is 4. The van der Waals surface area contributed by atoms with E-state index in [0.29, 0.717) is 15.7 Å². The van der Waals surface area contributed by atoms with Gasteiger partial charge in [-0.3, -0.25) is 14.0 Å². The van der Waals surface area contributed by atoms with Crippen LogP contribution in [0.1, 0.15) is 43.7 Å². The fraction of sp³-hybridized carbons (Fsp3) is 0.105. The second-order valence-electron chi connectivity index (χ2n) is 5.41. The molecule has 0 bridgehead atoms. The fourth-order valence-electron chi connectivity index (χ4n) is 2.86. The molecule has 3 aromatic rings. The van der Waals surface area contributed by atoms with Gasteiger partial charge in [0.15, 0.2) is 5.78 Å². The number of halogens is 1. The first-order valence-corrected chi connectivity index (χ1v) is 8.28. The molecule has 0 aliphatic carbocycles. The molecule has 0 fully saturated rings. The number of ketones is 2. The standard InChI is InChI=1S/C19H14BrNO4/c1-11(22)15-16(19(24)25-2)13-9-6-10-14(20)21(13)17(15)18(23)12-7-4-3-5-8-12/h3-10H,1-2H3. The lowest BCUT2D eigenvalue weighted by Gasteiger charge is -2.06. The minimum atomic E-state index is -0.659. The maximum Gasteiger partial charge on any atom is 0.340 e. The molecule has 0 amide bonds. The number of Topliss-reactive ketones (excluding diaryl/α,β-unsaturated/α-hetero) is 1. The van der Waals surface area contributed by atoms with Gasteiger partial charge in [0.05, 0.1) is 28.4 Å². The molecule has 1 aromatic carbocycles. The summed E-state index contributed by atoms with van der Waals surface area (Å²) in [4.78, 5) is 37.8. The van der Waals surface area contributed by atoms with E-state index in [9.17, 15) is 14.4 Å². The lowest BCUT2D eigenvalue weighted by atomic mass is 10.00. The normalized spacial score (nSPS) is 10.7. The molecule has 3 rings (SSSR count). The number of carbonyl (C=O) groups is 3. The van der Waals surface area contributed by atoms with Crippen LogP contribution in [0.15, 0.2) is 53.1 Å². The molecule has 0 N–H and O–H groups in total. The molecule has 0 saturated carbocycles. The van der Waals surface area contributed by atoms with Crippen LogP contribution in [0.25, 0.3) is 5.52 Å². The second-order valence-corrected chi connectivity index (χ2v) is 6.22. The zero-order valence-electron chi connectivity index (χ0n) is 13.6. The van der Waals surface area contributed by atoms with Crippen molar-refractivity contribution in [2.24, 2.45) is 0 Å². The van der Waals surface area contributed by atoms with Crippen molar-refractivity contribution in [3.8, 4) is 0 Å². The van der Waals surface area contributed by atoms with E-state index in [0.717, 1.165) is 0 Å². The largest absolute Gasteiger partial charge is 0.465 e. The number of pyridine rings is 1. The average Bonchev–Trinajstić information content (AvgIpc) is 2.98. The van der Waals surface area contributed by atoms with Crippen molar-refractivity contribution in [2.75, 3.05) is 7.11 Å². The van der Waals surface area contributed by atoms with Gasteiger partial charge < -0.3 is 4.74 Å². The minimum Gasteiger partial charge on any atom is -0.465 e. The summed E-state index contributed by atoms with van der Waals surface area (Å²) in [6.07, 6.45) is 0. The molecule has 0 aliphatic heterocycles. The third-order valence-electron chi connectivity index (χ3n) is 3.90. The van der Waals surface area contributed by atoms with Gasteiger partial charge in [-0.05, 0) is 35.0 Å². The Morgan fingerprint density at radius 1 is 0.960 bits per heavy atom. The van der Waals surface area contributed by atoms with Crippen molar-refractivity contribution in [1.82, 2.24) is 4.40 Å². The summed E-state index contributed by atoms with van der Waals surface area (Å²) in [5, 5.41) is 0. The first-order valence-electron chi connectivity index (χ1n) is 7.49. The number of hydrogen-bond acceptors (Lipinski definition) is 4. The average molecular weight is 400 g/mol. The molecule has 25 heavy (non-hydrogen) atoms. The molecule has 0 aliphatic rings. The molecule has 0 unspecified atom stereocenters. The molecule has 6 heteroatoms. The van der Waals surface area contributed by atoms with E-state index < -0.39 is 5.97 Å². The highest BCUT2D eigenvalue weighted by atomic mass is 79.9. The van der Waals surface area contributed by atoms with E-state index in [1.807, 2.05) is 0 Å². The van der Waals surface area contributed by atoms with Crippen molar-refractivity contribution in [2.45, 2.75) is 6.92 Å². The van der Waals surface area contributed by atoms with Crippen molar-refractivity contribution in [1.29, 1.82) is 0 Å². The topological polar surface area (TPSA) is 64.9 Å². The number of esters is 1. The summed E-state index contributed by atoms with van der Waals surface area (Å²) in [7, 11) is 1.24. The number of benzene rings is 1. The fourth-order valence-corrected chi connectivity index (χ4v) is 3.38. The van der Waals surface area contributed by atoms with E-state index in [-0.39, 0.29) is 28.4 Å². The van der Waals surface area contributed by atoms with Gasteiger partial charge in [-0.2, -0.15) is 0 Å². The number of methoxy groups -OCH3 is 1. The Hall–Kier alpha value is -2.73. The quantitative estimate of drug-likeness (QED) is 0.378. The van der Waals surface area contributed by atoms with Crippen LogP contribution in [0, 0.1) is 0 Å². The third kappa shape index (κ3) is 2.78. The van der Waals surface area contributed by atoms with Crippen LogP contribution >= 0.6 is 15.9 Å². The Kier molecular flexibility index (Phi) is 4.55. The molecule has 5 nitrogen and oxygen atoms in total. The number of carbonyl (C=O) groups excluding carboxylic acids is 3. The van der Waals surface area contributed by atoms with Gasteiger partial charge in [-0.15, -0.1) is 0 Å². The van der Waals surface area contributed by atoms with Crippen molar-refractivity contribution >= 4 is 39.0 Å². The SMILES string of the molecule is COC(=O)c1c(C(C)=O)c(C(=O)c2ccccc2)n2c(Br)cccc12. The van der Waals surface area contributed by atoms with Gasteiger partial charge >= 0.3 is 5.97 Å². The summed E-state index contributed by atoms with van der Waals surface area (Å²) in [5.74, 6) is -1.38. The van der Waals surface area contributed by atoms with Crippen LogP contribution < -0.4 is 0 Å². The molecular weight excluding hydrogens is 386 g/mol. The number of hydrogen-bond donors (Lipinski definition) is 0. The lowest BCUT2D eigenvalue weighted by Crippen LogP contribution is -2.12. The Labute approximate surface area is 152 Å². The minimum absolute atomic E-state index is 0.0626. The Morgan fingerprint density at radius 3 is 2.24 bits per heavy atom. The predicted octanol–water partition coefficient (Wildman–Crippen LogP) is 3.92. The van der Waals surface area contributed by atoms with Crippen LogP contribution in [0.5, 0.6) is 0 Å². The summed E-state index contributed by atoms with van der Waals surface area (Å²) in [6.45, 7) is 1.33. The first kappa shape index (κ1) is 17.1. The van der Waals surface area contributed by atoms with E-state index in [2.05, 4.69) is 15.9 Å². The Morgan fingerprint density at radius 2 is 1.64 bits per heavy atom. The van der Waals surface area contributed by atoms with Crippen LogP contribution in [-0.4, -0.2) is 29.0 Å². The van der Waals surface area contributed by atoms with Crippen LogP contribution in [-0.2, 0) is 4.74 Å². The predicted molar refractivity (Wildman–Crippen MR) is 96.3 cm³/mol. The molecule has 126 valence electrons. The van der Waals surface area contributed by atoms with Gasteiger partial charge in [-0.1, -0.05) is 36.4 Å². The molecule has 2 heterocycles. The highest BCUT2D eigenvalue weighted by Crippen LogP contribution is 2.30. The highest BCUT2D eigenvalue weighted by molar-refractivity contribution is 9.10. The van der Waals surface area contributed by atoms with Crippen LogP contribution in [0.2, 0.25) is 0 Å². The Bertz CT molecular complexity index is 1010. The van der Waals surface area contributed by atoms with Gasteiger partial charge in [0.1, 0.15) is 5.69 Å². The number of nitrogens with zero attached hydrogens (tertiary/aromatic N) is 1. The summed E-state index contributed by atoms with van der Waals surface area (Å²) in [6, 6.07) is 13.8. The molecule has 0 radical (unpaired) electrons. The smallest absolute Gasteiger partial charge is 0.340 e. The molecule has 0 spiro atoms. The zero-order valence-corrected chi connectivity index (χ0v) is 15.2. The van der Waals surface area contributed by atoms with Crippen LogP contribution in [0.3, 0.4) is 0 Å². The first-order chi connectivity index (χ1) is 12.0. The molecule has 0 saturated heterocycles. The monoisotopic (exact) mass is 399 g/mol. The lowest BCUT2D eigenvalue weighted by molar-refractivity contribution is 0.0600. The maximum absolute atomic E-state index is 13.1. The second kappa shape index (κ2) is 6.64. The molecule has 0 atom stereocenters. The zero-order chi connectivity index (χ0) is 18.1. The van der Waals surface area contributed by atoms with E-state index in [4.69, 9.17) is 4.74 Å². The summed E-state index contributed by atoms with van der Waals surface area (Å²) >= 11 is 3.40.